The van der Waals surface area contributed by atoms with Crippen molar-refractivity contribution in [3.8, 4) is 0 Å². The molecule has 0 bridgehead atoms. The Balaban J connectivity index is 2.30. The summed E-state index contributed by atoms with van der Waals surface area (Å²) in [6.45, 7) is -0.393. The smallest absolute Gasteiger partial charge is 0.323 e. The van der Waals surface area contributed by atoms with Crippen LogP contribution in [0.5, 0.6) is 0 Å². The number of hydrogen-bond acceptors (Lipinski definition) is 3. The van der Waals surface area contributed by atoms with Crippen molar-refractivity contribution >= 4 is 29.4 Å². The van der Waals surface area contributed by atoms with Gasteiger partial charge in [0.1, 0.15) is 6.54 Å². The molecule has 1 heterocycles. The van der Waals surface area contributed by atoms with Crippen molar-refractivity contribution in [3.05, 3.63) is 34.9 Å². The Hall–Kier alpha value is -2.08. The summed E-state index contributed by atoms with van der Waals surface area (Å²) in [5.41, 5.74) is 0.767. The molecule has 0 radical (unpaired) electrons. The van der Waals surface area contributed by atoms with E-state index in [1.807, 2.05) is 6.07 Å². The first-order chi connectivity index (χ1) is 10.3. The number of likely N-dealkylation sites (tertiary alicyclic amines) is 1. The van der Waals surface area contributed by atoms with E-state index in [9.17, 15) is 14.4 Å². The molecule has 0 spiro atoms. The van der Waals surface area contributed by atoms with Gasteiger partial charge in [-0.05, 0) is 17.7 Å². The van der Waals surface area contributed by atoms with Gasteiger partial charge >= 0.3 is 5.97 Å². The second kappa shape index (κ2) is 6.36. The second-order valence-corrected chi connectivity index (χ2v) is 5.84. The number of carbonyl (C=O) groups excluding carboxylic acids is 2. The van der Waals surface area contributed by atoms with Crippen LogP contribution in [0.3, 0.4) is 0 Å². The van der Waals surface area contributed by atoms with Gasteiger partial charge in [-0.25, -0.2) is 0 Å². The molecule has 1 N–H and O–H groups in total. The van der Waals surface area contributed by atoms with Gasteiger partial charge in [0.2, 0.25) is 11.8 Å². The van der Waals surface area contributed by atoms with Gasteiger partial charge in [0, 0.05) is 25.5 Å². The van der Waals surface area contributed by atoms with Gasteiger partial charge in [-0.1, -0.05) is 23.7 Å². The van der Waals surface area contributed by atoms with E-state index in [4.69, 9.17) is 16.7 Å². The minimum Gasteiger partial charge on any atom is -0.480 e. The summed E-state index contributed by atoms with van der Waals surface area (Å²) >= 11 is 5.99. The van der Waals surface area contributed by atoms with Crippen LogP contribution in [0, 0.1) is 5.92 Å². The number of hydrogen-bond donors (Lipinski definition) is 1. The molecule has 1 aliphatic rings. The minimum atomic E-state index is -1.09. The molecular formula is C15H17ClN2O4. The average molecular weight is 325 g/mol. The maximum atomic E-state index is 12.5. The number of likely N-dealkylation sites (N-methyl/N-ethyl adjacent to an activating group) is 1. The van der Waals surface area contributed by atoms with E-state index in [1.54, 1.807) is 25.2 Å². The van der Waals surface area contributed by atoms with Crippen molar-refractivity contribution in [2.45, 2.75) is 12.5 Å². The van der Waals surface area contributed by atoms with Gasteiger partial charge in [-0.3, -0.25) is 14.4 Å². The summed E-state index contributed by atoms with van der Waals surface area (Å²) in [5.74, 6) is -2.20. The monoisotopic (exact) mass is 324 g/mol. The fraction of sp³-hybridized carbons (Fsp3) is 0.400. The number of rotatable bonds is 4. The number of carbonyl (C=O) groups is 3. The Morgan fingerprint density at radius 3 is 2.73 bits per heavy atom. The molecule has 1 aliphatic heterocycles. The summed E-state index contributed by atoms with van der Waals surface area (Å²) in [4.78, 5) is 37.9. The minimum absolute atomic E-state index is 0.0659. The van der Waals surface area contributed by atoms with Crippen molar-refractivity contribution in [2.24, 2.45) is 5.92 Å². The molecule has 2 rings (SSSR count). The number of aliphatic carboxylic acids is 1. The molecule has 7 heteroatoms. The molecule has 118 valence electrons. The Kier molecular flexibility index (Phi) is 4.71. The molecule has 1 fully saturated rings. The summed E-state index contributed by atoms with van der Waals surface area (Å²) in [5, 5.41) is 9.33. The third-order valence-corrected chi connectivity index (χ3v) is 4.08. The molecule has 1 saturated heterocycles. The van der Waals surface area contributed by atoms with Crippen LogP contribution in [0.1, 0.15) is 18.0 Å². The summed E-state index contributed by atoms with van der Waals surface area (Å²) in [7, 11) is 3.06. The number of carboxylic acid groups (broad SMARTS) is 1. The molecule has 22 heavy (non-hydrogen) atoms. The average Bonchev–Trinajstić information content (AvgIpc) is 2.73. The highest BCUT2D eigenvalue weighted by molar-refractivity contribution is 6.30. The second-order valence-electron chi connectivity index (χ2n) is 5.40. The van der Waals surface area contributed by atoms with Gasteiger partial charge in [-0.15, -0.1) is 0 Å². The van der Waals surface area contributed by atoms with Crippen LogP contribution in [0.25, 0.3) is 0 Å². The fourth-order valence-corrected chi connectivity index (χ4v) is 3.00. The number of halogens is 1. The van der Waals surface area contributed by atoms with Gasteiger partial charge in [-0.2, -0.15) is 0 Å². The van der Waals surface area contributed by atoms with Crippen LogP contribution in [0.2, 0.25) is 5.02 Å². The lowest BCUT2D eigenvalue weighted by Gasteiger charge is -2.27. The van der Waals surface area contributed by atoms with E-state index in [-0.39, 0.29) is 18.2 Å². The van der Waals surface area contributed by atoms with E-state index in [0.29, 0.717) is 5.02 Å². The van der Waals surface area contributed by atoms with Gasteiger partial charge in [0.05, 0.1) is 12.0 Å². The van der Waals surface area contributed by atoms with E-state index < -0.39 is 24.5 Å². The SMILES string of the molecule is CN(CC(=O)O)C(=O)C1CC(=O)N(C)C1c1cccc(Cl)c1. The summed E-state index contributed by atoms with van der Waals surface area (Å²) in [6.07, 6.45) is 0.0659. The normalized spacial score (nSPS) is 21.0. The standard InChI is InChI=1S/C15H17ClN2O4/c1-17(8-13(20)21)15(22)11-7-12(19)18(2)14(11)9-4-3-5-10(16)6-9/h3-6,11,14H,7-8H2,1-2H3,(H,20,21). The maximum Gasteiger partial charge on any atom is 0.323 e. The maximum absolute atomic E-state index is 12.5. The quantitative estimate of drug-likeness (QED) is 0.908. The van der Waals surface area contributed by atoms with Crippen LogP contribution >= 0.6 is 11.6 Å². The zero-order valence-electron chi connectivity index (χ0n) is 12.3. The van der Waals surface area contributed by atoms with Crippen LogP contribution in [-0.4, -0.2) is 53.3 Å². The Labute approximate surface area is 133 Å². The van der Waals surface area contributed by atoms with Crippen molar-refractivity contribution in [3.63, 3.8) is 0 Å². The number of amides is 2. The van der Waals surface area contributed by atoms with Gasteiger partial charge in [0.15, 0.2) is 0 Å². The Bertz CT molecular complexity index is 619. The van der Waals surface area contributed by atoms with Crippen molar-refractivity contribution in [1.82, 2.24) is 9.80 Å². The number of benzene rings is 1. The fourth-order valence-electron chi connectivity index (χ4n) is 2.80. The van der Waals surface area contributed by atoms with Crippen LogP contribution in [0.4, 0.5) is 0 Å². The van der Waals surface area contributed by atoms with E-state index >= 15 is 0 Å². The van der Waals surface area contributed by atoms with Crippen LogP contribution in [0.15, 0.2) is 24.3 Å². The van der Waals surface area contributed by atoms with Crippen molar-refractivity contribution < 1.29 is 19.5 Å². The molecule has 2 unspecified atom stereocenters. The lowest BCUT2D eigenvalue weighted by atomic mass is 9.92. The van der Waals surface area contributed by atoms with Gasteiger partial charge < -0.3 is 14.9 Å². The number of carboxylic acids is 1. The topological polar surface area (TPSA) is 77.9 Å². The zero-order chi connectivity index (χ0) is 16.4. The molecular weight excluding hydrogens is 308 g/mol. The Morgan fingerprint density at radius 2 is 2.14 bits per heavy atom. The number of nitrogens with zero attached hydrogens (tertiary/aromatic N) is 2. The molecule has 1 aromatic rings. The van der Waals surface area contributed by atoms with Crippen molar-refractivity contribution in [2.75, 3.05) is 20.6 Å². The van der Waals surface area contributed by atoms with Crippen LogP contribution in [-0.2, 0) is 14.4 Å². The Morgan fingerprint density at radius 1 is 1.45 bits per heavy atom. The molecule has 1 aromatic carbocycles. The largest absolute Gasteiger partial charge is 0.480 e. The highest BCUT2D eigenvalue weighted by Gasteiger charge is 2.43. The van der Waals surface area contributed by atoms with E-state index in [1.165, 1.54) is 11.9 Å². The van der Waals surface area contributed by atoms with E-state index in [2.05, 4.69) is 0 Å². The van der Waals surface area contributed by atoms with Crippen molar-refractivity contribution in [1.29, 1.82) is 0 Å². The molecule has 0 aliphatic carbocycles. The third kappa shape index (κ3) is 3.22. The first-order valence-corrected chi connectivity index (χ1v) is 7.17. The summed E-state index contributed by atoms with van der Waals surface area (Å²) < 4.78 is 0. The highest BCUT2D eigenvalue weighted by atomic mass is 35.5. The highest BCUT2D eigenvalue weighted by Crippen LogP contribution is 2.38. The first-order valence-electron chi connectivity index (χ1n) is 6.79. The molecule has 2 amide bonds. The summed E-state index contributed by atoms with van der Waals surface area (Å²) in [6, 6.07) is 6.57. The molecule has 0 aromatic heterocycles. The predicted octanol–water partition coefficient (Wildman–Crippen LogP) is 1.40. The van der Waals surface area contributed by atoms with Crippen LogP contribution < -0.4 is 0 Å². The molecule has 0 saturated carbocycles. The first kappa shape index (κ1) is 16.3. The zero-order valence-corrected chi connectivity index (χ0v) is 13.1. The van der Waals surface area contributed by atoms with E-state index in [0.717, 1.165) is 10.5 Å². The lowest BCUT2D eigenvalue weighted by Crippen LogP contribution is -2.38. The van der Waals surface area contributed by atoms with Gasteiger partial charge in [0.25, 0.3) is 0 Å². The predicted molar refractivity (Wildman–Crippen MR) is 80.3 cm³/mol. The third-order valence-electron chi connectivity index (χ3n) is 3.84. The molecule has 2 atom stereocenters. The lowest BCUT2D eigenvalue weighted by molar-refractivity contribution is -0.145. The molecule has 6 nitrogen and oxygen atoms in total.